The van der Waals surface area contributed by atoms with E-state index in [4.69, 9.17) is 0 Å². The van der Waals surface area contributed by atoms with Crippen LogP contribution >= 0.6 is 0 Å². The summed E-state index contributed by atoms with van der Waals surface area (Å²) < 4.78 is 0. The Hall–Kier alpha value is -0.0151. The van der Waals surface area contributed by atoms with E-state index in [-0.39, 0.29) is 0 Å². The van der Waals surface area contributed by atoms with Gasteiger partial charge in [0.1, 0.15) is 0 Å². The van der Waals surface area contributed by atoms with Crippen LogP contribution < -0.4 is 0 Å². The molecular formula is C6H17BN2. The quantitative estimate of drug-likeness (QED) is 0.469. The highest BCUT2D eigenvalue weighted by molar-refractivity contribution is 6.35. The van der Waals surface area contributed by atoms with E-state index in [2.05, 4.69) is 38.0 Å². The summed E-state index contributed by atoms with van der Waals surface area (Å²) in [5, 5.41) is 0. The molecule has 0 aliphatic heterocycles. The third kappa shape index (κ3) is 7.98. The maximum Gasteiger partial charge on any atom is 0.155 e. The Labute approximate surface area is 59.1 Å². The fourth-order valence-electron chi connectivity index (χ4n) is 0.703. The first kappa shape index (κ1) is 8.98. The van der Waals surface area contributed by atoms with E-state index in [1.165, 1.54) is 20.2 Å². The zero-order valence-electron chi connectivity index (χ0n) is 7.02. The lowest BCUT2D eigenvalue weighted by molar-refractivity contribution is 0.452. The number of rotatable bonds is 4. The van der Waals surface area contributed by atoms with Gasteiger partial charge in [0.15, 0.2) is 7.28 Å². The van der Waals surface area contributed by atoms with Gasteiger partial charge in [-0.25, -0.2) is 0 Å². The van der Waals surface area contributed by atoms with Gasteiger partial charge < -0.3 is 9.80 Å². The molecule has 0 N–H and O–H groups in total. The highest BCUT2D eigenvalue weighted by atomic mass is 15.1. The fourth-order valence-corrected chi connectivity index (χ4v) is 0.703. The van der Waals surface area contributed by atoms with Gasteiger partial charge in [0.2, 0.25) is 0 Å². The molecule has 0 radical (unpaired) electrons. The van der Waals surface area contributed by atoms with Gasteiger partial charge in [-0.05, 0) is 41.1 Å². The second-order valence-corrected chi connectivity index (χ2v) is 2.96. The second kappa shape index (κ2) is 4.83. The zero-order chi connectivity index (χ0) is 7.28. The minimum atomic E-state index is 1.19. The number of hydrogen-bond donors (Lipinski definition) is 0. The minimum Gasteiger partial charge on any atom is -0.317 e. The molecule has 0 atom stereocenters. The van der Waals surface area contributed by atoms with Crippen molar-refractivity contribution in [2.24, 2.45) is 0 Å². The normalized spacial score (nSPS) is 10.9. The van der Waals surface area contributed by atoms with Crippen LogP contribution in [0.15, 0.2) is 0 Å². The average Bonchev–Trinajstić information content (AvgIpc) is 1.63. The van der Waals surface area contributed by atoms with Crippen molar-refractivity contribution in [3.63, 3.8) is 0 Å². The summed E-state index contributed by atoms with van der Waals surface area (Å²) in [4.78, 5) is 4.42. The molecule has 0 aliphatic carbocycles. The van der Waals surface area contributed by atoms with Gasteiger partial charge in [-0.1, -0.05) is 0 Å². The summed E-state index contributed by atoms with van der Waals surface area (Å²) in [6.45, 7) is 0. The van der Waals surface area contributed by atoms with E-state index >= 15 is 0 Å². The van der Waals surface area contributed by atoms with Gasteiger partial charge in [-0.3, -0.25) is 0 Å². The third-order valence-electron chi connectivity index (χ3n) is 1.21. The molecule has 0 amide bonds. The molecule has 0 unspecified atom stereocenters. The number of hydrogen-bond acceptors (Lipinski definition) is 2. The molecule has 0 bridgehead atoms. The summed E-state index contributed by atoms with van der Waals surface area (Å²) in [5.41, 5.74) is 0. The summed E-state index contributed by atoms with van der Waals surface area (Å²) in [6.07, 6.45) is 2.39. The monoisotopic (exact) mass is 128 g/mol. The molecule has 2 nitrogen and oxygen atoms in total. The first-order valence-electron chi connectivity index (χ1n) is 3.42. The molecule has 0 spiro atoms. The van der Waals surface area contributed by atoms with Gasteiger partial charge in [-0.2, -0.15) is 0 Å². The molecule has 0 aromatic carbocycles. The molecule has 0 saturated heterocycles. The average molecular weight is 128 g/mol. The van der Waals surface area contributed by atoms with Gasteiger partial charge in [0, 0.05) is 0 Å². The van der Waals surface area contributed by atoms with Crippen LogP contribution in [0, 0.1) is 0 Å². The summed E-state index contributed by atoms with van der Waals surface area (Å²) in [5.74, 6) is 0. The van der Waals surface area contributed by atoms with Crippen LogP contribution in [0.1, 0.15) is 0 Å². The van der Waals surface area contributed by atoms with Crippen molar-refractivity contribution >= 4 is 7.28 Å². The molecule has 0 aliphatic rings. The topological polar surface area (TPSA) is 6.48 Å². The van der Waals surface area contributed by atoms with Crippen LogP contribution in [-0.2, 0) is 0 Å². The lowest BCUT2D eigenvalue weighted by atomic mass is 9.78. The summed E-state index contributed by atoms with van der Waals surface area (Å²) >= 11 is 0. The van der Waals surface area contributed by atoms with Crippen molar-refractivity contribution in [2.75, 3.05) is 41.1 Å². The molecule has 0 saturated carbocycles. The molecule has 0 aromatic heterocycles. The Morgan fingerprint density at radius 3 is 1.44 bits per heavy atom. The lowest BCUT2D eigenvalue weighted by Crippen LogP contribution is -2.27. The van der Waals surface area contributed by atoms with Crippen molar-refractivity contribution in [1.82, 2.24) is 9.80 Å². The predicted molar refractivity (Wildman–Crippen MR) is 44.3 cm³/mol. The minimum absolute atomic E-state index is 1.19. The molecule has 9 heavy (non-hydrogen) atoms. The molecule has 0 rings (SSSR count). The third-order valence-corrected chi connectivity index (χ3v) is 1.21. The SMILES string of the molecule is CN(C)CBCN(C)C. The van der Waals surface area contributed by atoms with Crippen LogP contribution in [0.3, 0.4) is 0 Å². The van der Waals surface area contributed by atoms with Gasteiger partial charge in [0.25, 0.3) is 0 Å². The van der Waals surface area contributed by atoms with Crippen LogP contribution in [0.5, 0.6) is 0 Å². The zero-order valence-corrected chi connectivity index (χ0v) is 7.02. The van der Waals surface area contributed by atoms with Crippen molar-refractivity contribution in [3.8, 4) is 0 Å². The second-order valence-electron chi connectivity index (χ2n) is 2.96. The number of nitrogens with zero attached hydrogens (tertiary/aromatic N) is 2. The Kier molecular flexibility index (Phi) is 4.82. The fraction of sp³-hybridized carbons (Fsp3) is 1.00. The van der Waals surface area contributed by atoms with E-state index in [9.17, 15) is 0 Å². The maximum atomic E-state index is 2.21. The van der Waals surface area contributed by atoms with Gasteiger partial charge in [0.05, 0.1) is 0 Å². The Morgan fingerprint density at radius 1 is 0.889 bits per heavy atom. The van der Waals surface area contributed by atoms with E-state index in [1.54, 1.807) is 0 Å². The highest BCUT2D eigenvalue weighted by Crippen LogP contribution is 1.74. The van der Waals surface area contributed by atoms with Crippen molar-refractivity contribution in [2.45, 2.75) is 0 Å². The van der Waals surface area contributed by atoms with Gasteiger partial charge in [-0.15, -0.1) is 0 Å². The predicted octanol–water partition coefficient (Wildman–Crippen LogP) is -0.539. The highest BCUT2D eigenvalue weighted by Gasteiger charge is 1.93. The van der Waals surface area contributed by atoms with Crippen molar-refractivity contribution < 1.29 is 0 Å². The van der Waals surface area contributed by atoms with E-state index in [1.807, 2.05) is 0 Å². The van der Waals surface area contributed by atoms with Crippen LogP contribution in [0.2, 0.25) is 0 Å². The van der Waals surface area contributed by atoms with Crippen molar-refractivity contribution in [3.05, 3.63) is 0 Å². The van der Waals surface area contributed by atoms with E-state index < -0.39 is 0 Å². The molecule has 0 aromatic rings. The Bertz CT molecular complexity index is 56.1. The van der Waals surface area contributed by atoms with Crippen LogP contribution in [-0.4, -0.2) is 58.2 Å². The smallest absolute Gasteiger partial charge is 0.155 e. The standard InChI is InChI=1S/C6H17BN2/c1-8(2)5-7-6-9(3)4/h7H,5-6H2,1-4H3. The van der Waals surface area contributed by atoms with E-state index in [0.717, 1.165) is 0 Å². The van der Waals surface area contributed by atoms with E-state index in [0.29, 0.717) is 0 Å². The summed E-state index contributed by atoms with van der Waals surface area (Å²) in [7, 11) is 9.69. The largest absolute Gasteiger partial charge is 0.317 e. The molecule has 3 heteroatoms. The Morgan fingerprint density at radius 2 is 1.22 bits per heavy atom. The molecule has 0 heterocycles. The lowest BCUT2D eigenvalue weighted by Gasteiger charge is -2.11. The molecule has 0 fully saturated rings. The first-order chi connectivity index (χ1) is 4.13. The first-order valence-corrected chi connectivity index (χ1v) is 3.42. The maximum absolute atomic E-state index is 2.21. The Balaban J connectivity index is 2.91. The van der Waals surface area contributed by atoms with Crippen molar-refractivity contribution in [1.29, 1.82) is 0 Å². The van der Waals surface area contributed by atoms with Gasteiger partial charge >= 0.3 is 0 Å². The van der Waals surface area contributed by atoms with Crippen LogP contribution in [0.4, 0.5) is 0 Å². The molecule has 54 valence electrons. The molecular weight excluding hydrogens is 111 g/mol. The van der Waals surface area contributed by atoms with Crippen LogP contribution in [0.25, 0.3) is 0 Å². The summed E-state index contributed by atoms with van der Waals surface area (Å²) in [6, 6.07) is 0.